The largest absolute Gasteiger partial charge is 0.480 e. The van der Waals surface area contributed by atoms with Crippen LogP contribution in [0.25, 0.3) is 0 Å². The minimum Gasteiger partial charge on any atom is -0.480 e. The lowest BCUT2D eigenvalue weighted by molar-refractivity contribution is -0.142. The molecule has 0 aromatic rings. The normalized spacial score (nSPS) is 12.0. The Balaban J connectivity index is 3.95. The fourth-order valence-corrected chi connectivity index (χ4v) is 1.19. The van der Waals surface area contributed by atoms with Crippen molar-refractivity contribution in [3.63, 3.8) is 0 Å². The van der Waals surface area contributed by atoms with Gasteiger partial charge in [-0.2, -0.15) is 0 Å². The first-order valence-corrected chi connectivity index (χ1v) is 4.46. The molecule has 0 spiro atoms. The molecule has 3 heteroatoms. The zero-order valence-electron chi connectivity index (χ0n) is 8.50. The van der Waals surface area contributed by atoms with Crippen LogP contribution < -0.4 is 0 Å². The lowest BCUT2D eigenvalue weighted by atomic mass is 10.2. The van der Waals surface area contributed by atoms with E-state index in [1.807, 2.05) is 18.9 Å². The van der Waals surface area contributed by atoms with Gasteiger partial charge in [0.25, 0.3) is 0 Å². The van der Waals surface area contributed by atoms with Gasteiger partial charge in [-0.1, -0.05) is 6.92 Å². The maximum Gasteiger partial charge on any atom is 0.320 e. The summed E-state index contributed by atoms with van der Waals surface area (Å²) in [5, 5.41) is 8.82. The molecule has 0 amide bonds. The van der Waals surface area contributed by atoms with Crippen molar-refractivity contribution in [1.29, 1.82) is 0 Å². The number of carboxylic acid groups (broad SMARTS) is 1. The molecule has 0 aliphatic heterocycles. The van der Waals surface area contributed by atoms with Gasteiger partial charge in [0.2, 0.25) is 0 Å². The van der Waals surface area contributed by atoms with E-state index < -0.39 is 5.97 Å². The van der Waals surface area contributed by atoms with E-state index in [2.05, 4.69) is 11.8 Å². The molecule has 0 aliphatic carbocycles. The summed E-state index contributed by atoms with van der Waals surface area (Å²) in [7, 11) is 1.82. The molecule has 0 rings (SSSR count). The van der Waals surface area contributed by atoms with Crippen molar-refractivity contribution in [3.8, 4) is 11.8 Å². The summed E-state index contributed by atoms with van der Waals surface area (Å²) in [6, 6.07) is -0.376. The number of carboxylic acids is 1. The third kappa shape index (κ3) is 4.54. The van der Waals surface area contributed by atoms with Crippen LogP contribution in [0.15, 0.2) is 0 Å². The molecule has 0 saturated carbocycles. The highest BCUT2D eigenvalue weighted by Gasteiger charge is 2.19. The van der Waals surface area contributed by atoms with Crippen molar-refractivity contribution in [2.75, 3.05) is 13.6 Å². The van der Waals surface area contributed by atoms with Crippen LogP contribution in [0.4, 0.5) is 0 Å². The van der Waals surface area contributed by atoms with Crippen molar-refractivity contribution in [1.82, 2.24) is 4.90 Å². The van der Waals surface area contributed by atoms with Crippen LogP contribution in [0.5, 0.6) is 0 Å². The highest BCUT2D eigenvalue weighted by molar-refractivity contribution is 5.73. The standard InChI is InChI=1S/C10H17NO2/c1-4-6-7-8-11(3)9(5-2)10(12)13/h9H,5,7-8H2,1-3H3,(H,12,13). The van der Waals surface area contributed by atoms with Gasteiger partial charge >= 0.3 is 5.97 Å². The average Bonchev–Trinajstić information content (AvgIpc) is 2.05. The summed E-state index contributed by atoms with van der Waals surface area (Å²) in [6.45, 7) is 4.38. The third-order valence-corrected chi connectivity index (χ3v) is 1.97. The highest BCUT2D eigenvalue weighted by Crippen LogP contribution is 2.02. The summed E-state index contributed by atoms with van der Waals surface area (Å²) in [5.74, 6) is 4.94. The Labute approximate surface area is 79.7 Å². The van der Waals surface area contributed by atoms with E-state index in [-0.39, 0.29) is 6.04 Å². The van der Waals surface area contributed by atoms with Crippen molar-refractivity contribution in [2.24, 2.45) is 0 Å². The topological polar surface area (TPSA) is 40.5 Å². The molecule has 74 valence electrons. The molecule has 0 radical (unpaired) electrons. The lowest BCUT2D eigenvalue weighted by Gasteiger charge is -2.22. The van der Waals surface area contributed by atoms with E-state index in [0.29, 0.717) is 13.0 Å². The monoisotopic (exact) mass is 183 g/mol. The minimum absolute atomic E-state index is 0.376. The van der Waals surface area contributed by atoms with Crippen LogP contribution in [0.1, 0.15) is 26.7 Å². The Bertz CT molecular complexity index is 215. The van der Waals surface area contributed by atoms with E-state index in [1.165, 1.54) is 0 Å². The molecular formula is C10H17NO2. The summed E-state index contributed by atoms with van der Waals surface area (Å²) in [5.41, 5.74) is 0. The summed E-state index contributed by atoms with van der Waals surface area (Å²) in [4.78, 5) is 12.6. The second-order valence-corrected chi connectivity index (χ2v) is 2.92. The second-order valence-electron chi connectivity index (χ2n) is 2.92. The summed E-state index contributed by atoms with van der Waals surface area (Å²) >= 11 is 0. The number of hydrogen-bond donors (Lipinski definition) is 1. The second kappa shape index (κ2) is 6.50. The molecule has 1 unspecified atom stereocenters. The molecule has 0 aliphatic rings. The minimum atomic E-state index is -0.755. The van der Waals surface area contributed by atoms with Crippen molar-refractivity contribution < 1.29 is 9.90 Å². The molecule has 1 atom stereocenters. The van der Waals surface area contributed by atoms with Gasteiger partial charge in [0, 0.05) is 13.0 Å². The molecule has 0 saturated heterocycles. The number of aliphatic carboxylic acids is 1. The Morgan fingerprint density at radius 1 is 1.62 bits per heavy atom. The summed E-state index contributed by atoms with van der Waals surface area (Å²) in [6.07, 6.45) is 1.36. The fraction of sp³-hybridized carbons (Fsp3) is 0.700. The number of nitrogens with zero attached hydrogens (tertiary/aromatic N) is 1. The van der Waals surface area contributed by atoms with Gasteiger partial charge in [-0.25, -0.2) is 0 Å². The van der Waals surface area contributed by atoms with E-state index >= 15 is 0 Å². The molecule has 0 heterocycles. The van der Waals surface area contributed by atoms with Crippen LogP contribution in [-0.2, 0) is 4.79 Å². The first-order chi connectivity index (χ1) is 6.13. The highest BCUT2D eigenvalue weighted by atomic mass is 16.4. The van der Waals surface area contributed by atoms with Gasteiger partial charge in [-0.3, -0.25) is 9.69 Å². The Morgan fingerprint density at radius 3 is 2.62 bits per heavy atom. The van der Waals surface area contributed by atoms with Crippen LogP contribution in [0.2, 0.25) is 0 Å². The average molecular weight is 183 g/mol. The van der Waals surface area contributed by atoms with Crippen molar-refractivity contribution in [2.45, 2.75) is 32.7 Å². The first-order valence-electron chi connectivity index (χ1n) is 4.46. The van der Waals surface area contributed by atoms with Gasteiger partial charge in [0.1, 0.15) is 6.04 Å². The molecular weight excluding hydrogens is 166 g/mol. The maximum absolute atomic E-state index is 10.7. The van der Waals surface area contributed by atoms with Crippen LogP contribution >= 0.6 is 0 Å². The number of carbonyl (C=O) groups is 1. The van der Waals surface area contributed by atoms with E-state index in [1.54, 1.807) is 6.92 Å². The van der Waals surface area contributed by atoms with E-state index in [4.69, 9.17) is 5.11 Å². The lowest BCUT2D eigenvalue weighted by Crippen LogP contribution is -2.38. The SMILES string of the molecule is CC#CCCN(C)C(CC)C(=O)O. The molecule has 0 fully saturated rings. The maximum atomic E-state index is 10.7. The zero-order chi connectivity index (χ0) is 10.3. The van der Waals surface area contributed by atoms with Crippen LogP contribution in [0.3, 0.4) is 0 Å². The molecule has 13 heavy (non-hydrogen) atoms. The van der Waals surface area contributed by atoms with E-state index in [0.717, 1.165) is 6.42 Å². The first kappa shape index (κ1) is 12.0. The third-order valence-electron chi connectivity index (χ3n) is 1.97. The predicted octanol–water partition coefficient (Wildman–Crippen LogP) is 1.19. The number of rotatable bonds is 5. The fourth-order valence-electron chi connectivity index (χ4n) is 1.19. The number of likely N-dealkylation sites (N-methyl/N-ethyl adjacent to an activating group) is 1. The van der Waals surface area contributed by atoms with Gasteiger partial charge in [0.15, 0.2) is 0 Å². The van der Waals surface area contributed by atoms with Crippen LogP contribution in [-0.4, -0.2) is 35.6 Å². The quantitative estimate of drug-likeness (QED) is 0.651. The molecule has 0 aromatic carbocycles. The van der Waals surface area contributed by atoms with Gasteiger partial charge in [-0.05, 0) is 20.4 Å². The van der Waals surface area contributed by atoms with Crippen molar-refractivity contribution >= 4 is 5.97 Å². The Hall–Kier alpha value is -1.01. The molecule has 0 bridgehead atoms. The molecule has 3 nitrogen and oxygen atoms in total. The van der Waals surface area contributed by atoms with Gasteiger partial charge in [-0.15, -0.1) is 11.8 Å². The van der Waals surface area contributed by atoms with E-state index in [9.17, 15) is 4.79 Å². The van der Waals surface area contributed by atoms with Crippen LogP contribution in [0, 0.1) is 11.8 Å². The summed E-state index contributed by atoms with van der Waals surface area (Å²) < 4.78 is 0. The predicted molar refractivity (Wildman–Crippen MR) is 52.4 cm³/mol. The van der Waals surface area contributed by atoms with Gasteiger partial charge < -0.3 is 5.11 Å². The molecule has 1 N–H and O–H groups in total. The Kier molecular flexibility index (Phi) is 5.99. The molecule has 0 aromatic heterocycles. The number of hydrogen-bond acceptors (Lipinski definition) is 2. The van der Waals surface area contributed by atoms with Crippen molar-refractivity contribution in [3.05, 3.63) is 0 Å². The zero-order valence-corrected chi connectivity index (χ0v) is 8.50. The Morgan fingerprint density at radius 2 is 2.23 bits per heavy atom. The van der Waals surface area contributed by atoms with Gasteiger partial charge in [0.05, 0.1) is 0 Å². The smallest absolute Gasteiger partial charge is 0.320 e.